The van der Waals surface area contributed by atoms with E-state index in [1.54, 1.807) is 12.3 Å². The second-order valence-electron chi connectivity index (χ2n) is 5.04. The van der Waals surface area contributed by atoms with Crippen molar-refractivity contribution in [2.24, 2.45) is 0 Å². The molecular weight excluding hydrogens is 266 g/mol. The summed E-state index contributed by atoms with van der Waals surface area (Å²) in [7, 11) is 0. The van der Waals surface area contributed by atoms with E-state index in [-0.39, 0.29) is 17.5 Å². The third-order valence-corrected chi connectivity index (χ3v) is 2.99. The number of nitrogens with one attached hydrogen (secondary N) is 1. The van der Waals surface area contributed by atoms with Crippen molar-refractivity contribution >= 4 is 16.8 Å². The first-order valence-corrected chi connectivity index (χ1v) is 6.75. The van der Waals surface area contributed by atoms with Gasteiger partial charge in [0.15, 0.2) is 5.78 Å². The third kappa shape index (κ3) is 3.48. The van der Waals surface area contributed by atoms with Gasteiger partial charge in [-0.25, -0.2) is 4.98 Å². The van der Waals surface area contributed by atoms with Gasteiger partial charge in [0.1, 0.15) is 17.5 Å². The monoisotopic (exact) mass is 283 g/mol. The molecule has 5 nitrogen and oxygen atoms in total. The standard InChI is InChI=1S/C16H17N3O2/c1-10(2)21-14-6-15-13(8-18-16(15)19-9-14)5-4-12(7-17)11(3)20/h4,6,8-10H,5H2,1-3H3,(H,18,19)/b12-4+. The van der Waals surface area contributed by atoms with Gasteiger partial charge in [-0.2, -0.15) is 5.26 Å². The summed E-state index contributed by atoms with van der Waals surface area (Å²) in [5.41, 5.74) is 1.91. The van der Waals surface area contributed by atoms with E-state index in [2.05, 4.69) is 9.97 Å². The molecule has 2 aromatic heterocycles. The zero-order chi connectivity index (χ0) is 15.4. The Balaban J connectivity index is 2.32. The number of nitrogens with zero attached hydrogens (tertiary/aromatic N) is 2. The number of aromatic nitrogens is 2. The number of ether oxygens (including phenoxy) is 1. The van der Waals surface area contributed by atoms with Crippen LogP contribution in [0, 0.1) is 11.3 Å². The van der Waals surface area contributed by atoms with E-state index in [9.17, 15) is 4.79 Å². The number of hydrogen-bond donors (Lipinski definition) is 1. The number of allylic oxidation sites excluding steroid dienone is 2. The van der Waals surface area contributed by atoms with E-state index >= 15 is 0 Å². The van der Waals surface area contributed by atoms with Crippen LogP contribution in [0.3, 0.4) is 0 Å². The number of hydrogen-bond acceptors (Lipinski definition) is 4. The Morgan fingerprint density at radius 1 is 1.57 bits per heavy atom. The summed E-state index contributed by atoms with van der Waals surface area (Å²) in [4.78, 5) is 18.6. The fourth-order valence-corrected chi connectivity index (χ4v) is 2.02. The lowest BCUT2D eigenvalue weighted by Gasteiger charge is -2.09. The van der Waals surface area contributed by atoms with E-state index in [0.29, 0.717) is 12.2 Å². The lowest BCUT2D eigenvalue weighted by atomic mass is 10.1. The summed E-state index contributed by atoms with van der Waals surface area (Å²) < 4.78 is 5.63. The molecule has 0 aliphatic carbocycles. The molecule has 21 heavy (non-hydrogen) atoms. The summed E-state index contributed by atoms with van der Waals surface area (Å²) in [6.45, 7) is 5.30. The lowest BCUT2D eigenvalue weighted by molar-refractivity contribution is -0.113. The second-order valence-corrected chi connectivity index (χ2v) is 5.04. The normalized spacial score (nSPS) is 11.7. The molecule has 2 heterocycles. The van der Waals surface area contributed by atoms with Gasteiger partial charge in [-0.1, -0.05) is 6.08 Å². The maximum absolute atomic E-state index is 11.2. The predicted octanol–water partition coefficient (Wildman–Crippen LogP) is 2.93. The average molecular weight is 283 g/mol. The first-order valence-electron chi connectivity index (χ1n) is 6.75. The van der Waals surface area contributed by atoms with Crippen LogP contribution in [0.25, 0.3) is 11.0 Å². The van der Waals surface area contributed by atoms with Gasteiger partial charge in [0.05, 0.1) is 17.9 Å². The molecule has 0 aliphatic heterocycles. The largest absolute Gasteiger partial charge is 0.489 e. The van der Waals surface area contributed by atoms with Gasteiger partial charge >= 0.3 is 0 Å². The number of fused-ring (bicyclic) bond motifs is 1. The van der Waals surface area contributed by atoms with Crippen LogP contribution < -0.4 is 4.74 Å². The highest BCUT2D eigenvalue weighted by Crippen LogP contribution is 2.23. The third-order valence-electron chi connectivity index (χ3n) is 2.99. The minimum Gasteiger partial charge on any atom is -0.489 e. The van der Waals surface area contributed by atoms with Crippen LogP contribution >= 0.6 is 0 Å². The van der Waals surface area contributed by atoms with Crippen molar-refractivity contribution in [1.29, 1.82) is 5.26 Å². The summed E-state index contributed by atoms with van der Waals surface area (Å²) in [5, 5.41) is 9.84. The Labute approximate surface area is 123 Å². The number of carbonyl (C=O) groups excluding carboxylic acids is 1. The molecule has 0 spiro atoms. The predicted molar refractivity (Wildman–Crippen MR) is 79.9 cm³/mol. The van der Waals surface area contributed by atoms with Gasteiger partial charge in [0, 0.05) is 11.6 Å². The smallest absolute Gasteiger partial charge is 0.169 e. The number of pyridine rings is 1. The number of ketones is 1. The Morgan fingerprint density at radius 3 is 2.95 bits per heavy atom. The van der Waals surface area contributed by atoms with Crippen molar-refractivity contribution in [1.82, 2.24) is 9.97 Å². The van der Waals surface area contributed by atoms with Crippen LogP contribution in [-0.2, 0) is 11.2 Å². The minimum atomic E-state index is -0.223. The topological polar surface area (TPSA) is 78.8 Å². The molecule has 1 N–H and O–H groups in total. The van der Waals surface area contributed by atoms with Crippen molar-refractivity contribution < 1.29 is 9.53 Å². The van der Waals surface area contributed by atoms with Crippen molar-refractivity contribution in [2.45, 2.75) is 33.3 Å². The Kier molecular flexibility index (Phi) is 4.39. The first kappa shape index (κ1) is 14.8. The molecule has 0 amide bonds. The fourth-order valence-electron chi connectivity index (χ4n) is 2.02. The Morgan fingerprint density at radius 2 is 2.33 bits per heavy atom. The molecule has 0 fully saturated rings. The van der Waals surface area contributed by atoms with Crippen molar-refractivity contribution in [3.05, 3.63) is 35.7 Å². The summed E-state index contributed by atoms with van der Waals surface area (Å²) in [5.74, 6) is 0.480. The molecule has 0 aliphatic rings. The van der Waals surface area contributed by atoms with Crippen LogP contribution in [0.15, 0.2) is 30.1 Å². The van der Waals surface area contributed by atoms with Crippen LogP contribution in [-0.4, -0.2) is 21.9 Å². The van der Waals surface area contributed by atoms with Gasteiger partial charge in [-0.05, 0) is 38.8 Å². The Hall–Kier alpha value is -2.61. The Bertz CT molecular complexity index is 736. The molecule has 0 saturated carbocycles. The summed E-state index contributed by atoms with van der Waals surface area (Å²) in [6, 6.07) is 3.83. The zero-order valence-corrected chi connectivity index (χ0v) is 12.3. The molecule has 2 aromatic rings. The molecule has 0 saturated heterocycles. The van der Waals surface area contributed by atoms with Gasteiger partial charge in [0.2, 0.25) is 0 Å². The van der Waals surface area contributed by atoms with Gasteiger partial charge in [-0.15, -0.1) is 0 Å². The van der Waals surface area contributed by atoms with E-state index < -0.39 is 0 Å². The number of aromatic amines is 1. The molecule has 0 radical (unpaired) electrons. The van der Waals surface area contributed by atoms with E-state index in [1.807, 2.05) is 32.2 Å². The number of Topliss-reactive ketones (excluding diaryl/α,β-unsaturated/α-hetero) is 1. The maximum atomic E-state index is 11.2. The lowest BCUT2D eigenvalue weighted by Crippen LogP contribution is -2.05. The highest BCUT2D eigenvalue weighted by molar-refractivity contribution is 5.97. The molecule has 2 rings (SSSR count). The van der Waals surface area contributed by atoms with E-state index in [1.165, 1.54) is 6.92 Å². The summed E-state index contributed by atoms with van der Waals surface area (Å²) in [6.07, 6.45) is 5.72. The highest BCUT2D eigenvalue weighted by Gasteiger charge is 2.08. The molecule has 0 unspecified atom stereocenters. The zero-order valence-electron chi connectivity index (χ0n) is 12.3. The molecule has 0 bridgehead atoms. The van der Waals surface area contributed by atoms with Gasteiger partial charge in [0.25, 0.3) is 0 Å². The fraction of sp³-hybridized carbons (Fsp3) is 0.312. The molecule has 108 valence electrons. The van der Waals surface area contributed by atoms with Crippen LogP contribution in [0.5, 0.6) is 5.75 Å². The maximum Gasteiger partial charge on any atom is 0.169 e. The average Bonchev–Trinajstić information content (AvgIpc) is 2.81. The van der Waals surface area contributed by atoms with Crippen molar-refractivity contribution in [3.8, 4) is 11.8 Å². The van der Waals surface area contributed by atoms with Crippen molar-refractivity contribution in [3.63, 3.8) is 0 Å². The quantitative estimate of drug-likeness (QED) is 0.676. The van der Waals surface area contributed by atoms with Crippen LogP contribution in [0.4, 0.5) is 0 Å². The van der Waals surface area contributed by atoms with Crippen LogP contribution in [0.2, 0.25) is 0 Å². The highest BCUT2D eigenvalue weighted by atomic mass is 16.5. The van der Waals surface area contributed by atoms with Crippen LogP contribution in [0.1, 0.15) is 26.3 Å². The van der Waals surface area contributed by atoms with E-state index in [4.69, 9.17) is 10.00 Å². The van der Waals surface area contributed by atoms with Gasteiger partial charge < -0.3 is 9.72 Å². The van der Waals surface area contributed by atoms with Crippen molar-refractivity contribution in [2.75, 3.05) is 0 Å². The number of carbonyl (C=O) groups is 1. The number of rotatable bonds is 5. The molecule has 5 heteroatoms. The first-order chi connectivity index (χ1) is 10.0. The second kappa shape index (κ2) is 6.23. The number of nitriles is 1. The molecular formula is C16H17N3O2. The molecule has 0 aromatic carbocycles. The number of H-pyrrole nitrogens is 1. The SMILES string of the molecule is CC(=O)/C(C#N)=C/Cc1c[nH]c2ncc(OC(C)C)cc12. The van der Waals surface area contributed by atoms with Gasteiger partial charge in [-0.3, -0.25) is 4.79 Å². The molecule has 0 atom stereocenters. The van der Waals surface area contributed by atoms with E-state index in [0.717, 1.165) is 16.6 Å². The summed E-state index contributed by atoms with van der Waals surface area (Å²) >= 11 is 0. The minimum absolute atomic E-state index is 0.0782.